The normalized spacial score (nSPS) is 20.6. The van der Waals surface area contributed by atoms with Crippen LogP contribution in [0.1, 0.15) is 50.7 Å². The Balaban J connectivity index is 1.89. The molecule has 1 unspecified atom stereocenters. The summed E-state index contributed by atoms with van der Waals surface area (Å²) in [5.74, 6) is 0.779. The van der Waals surface area contributed by atoms with Crippen LogP contribution < -0.4 is 0 Å². The number of aliphatic hydroxyl groups is 2. The molecule has 1 fully saturated rings. The molecule has 0 amide bonds. The molecule has 1 aliphatic rings. The first-order valence-electron chi connectivity index (χ1n) is 6.72. The van der Waals surface area contributed by atoms with Gasteiger partial charge in [-0.15, -0.1) is 11.8 Å². The average Bonchev–Trinajstić information content (AvgIpc) is 2.38. The minimum absolute atomic E-state index is 0.411. The van der Waals surface area contributed by atoms with Gasteiger partial charge in [-0.3, -0.25) is 0 Å². The zero-order valence-corrected chi connectivity index (χ0v) is 11.7. The van der Waals surface area contributed by atoms with E-state index in [9.17, 15) is 10.2 Å². The second-order valence-corrected chi connectivity index (χ2v) is 6.37. The summed E-state index contributed by atoms with van der Waals surface area (Å²) in [7, 11) is 0. The van der Waals surface area contributed by atoms with Crippen molar-refractivity contribution in [3.63, 3.8) is 0 Å². The molecule has 0 saturated heterocycles. The number of hydrogen-bond donors (Lipinski definition) is 2. The summed E-state index contributed by atoms with van der Waals surface area (Å²) in [6.45, 7) is 1.77. The number of thioether (sulfide) groups is 1. The summed E-state index contributed by atoms with van der Waals surface area (Å²) in [6, 6.07) is 7.97. The van der Waals surface area contributed by atoms with Gasteiger partial charge in [0.15, 0.2) is 0 Å². The van der Waals surface area contributed by atoms with Crippen LogP contribution in [0.4, 0.5) is 0 Å². The highest BCUT2D eigenvalue weighted by atomic mass is 32.2. The highest BCUT2D eigenvalue weighted by Crippen LogP contribution is 2.33. The SMILES string of the molecule is CC(O)c1ccc(SCC2(O)CCCCC2)cc1. The summed E-state index contributed by atoms with van der Waals surface area (Å²) in [6.07, 6.45) is 5.02. The zero-order chi connectivity index (χ0) is 13.0. The van der Waals surface area contributed by atoms with Crippen LogP contribution in [0.2, 0.25) is 0 Å². The summed E-state index contributed by atoms with van der Waals surface area (Å²) < 4.78 is 0. The molecule has 2 N–H and O–H groups in total. The molecule has 1 aromatic carbocycles. The van der Waals surface area contributed by atoms with Gasteiger partial charge in [0, 0.05) is 10.6 Å². The second kappa shape index (κ2) is 6.09. The van der Waals surface area contributed by atoms with Gasteiger partial charge in [-0.1, -0.05) is 31.4 Å². The molecular weight excluding hydrogens is 244 g/mol. The minimum Gasteiger partial charge on any atom is -0.389 e. The molecule has 0 radical (unpaired) electrons. The predicted molar refractivity (Wildman–Crippen MR) is 75.8 cm³/mol. The van der Waals surface area contributed by atoms with Gasteiger partial charge in [-0.05, 0) is 37.5 Å². The Kier molecular flexibility index (Phi) is 4.71. The third-order valence-electron chi connectivity index (χ3n) is 3.65. The summed E-state index contributed by atoms with van der Waals surface area (Å²) in [5.41, 5.74) is 0.474. The summed E-state index contributed by atoms with van der Waals surface area (Å²) in [4.78, 5) is 1.17. The van der Waals surface area contributed by atoms with E-state index in [1.165, 1.54) is 11.3 Å². The van der Waals surface area contributed by atoms with E-state index < -0.39 is 11.7 Å². The first-order chi connectivity index (χ1) is 8.59. The number of aliphatic hydroxyl groups excluding tert-OH is 1. The zero-order valence-electron chi connectivity index (χ0n) is 10.9. The van der Waals surface area contributed by atoms with E-state index in [1.807, 2.05) is 24.3 Å². The highest BCUT2D eigenvalue weighted by Gasteiger charge is 2.28. The highest BCUT2D eigenvalue weighted by molar-refractivity contribution is 7.99. The molecule has 2 rings (SSSR count). The molecular formula is C15H22O2S. The lowest BCUT2D eigenvalue weighted by molar-refractivity contribution is 0.0273. The molecule has 1 aromatic rings. The number of benzene rings is 1. The number of rotatable bonds is 4. The van der Waals surface area contributed by atoms with Crippen LogP contribution in [0.15, 0.2) is 29.2 Å². The minimum atomic E-state index is -0.466. The Morgan fingerprint density at radius 1 is 1.17 bits per heavy atom. The van der Waals surface area contributed by atoms with Crippen molar-refractivity contribution in [1.82, 2.24) is 0 Å². The Morgan fingerprint density at radius 3 is 2.33 bits per heavy atom. The largest absolute Gasteiger partial charge is 0.389 e. The van der Waals surface area contributed by atoms with E-state index in [4.69, 9.17) is 0 Å². The van der Waals surface area contributed by atoms with Gasteiger partial charge >= 0.3 is 0 Å². The fraction of sp³-hybridized carbons (Fsp3) is 0.600. The molecule has 0 aliphatic heterocycles. The first-order valence-corrected chi connectivity index (χ1v) is 7.71. The van der Waals surface area contributed by atoms with Crippen LogP contribution >= 0.6 is 11.8 Å². The van der Waals surface area contributed by atoms with Crippen molar-refractivity contribution in [3.05, 3.63) is 29.8 Å². The number of hydrogen-bond acceptors (Lipinski definition) is 3. The summed E-state index contributed by atoms with van der Waals surface area (Å²) in [5, 5.41) is 19.9. The Bertz CT molecular complexity index is 367. The molecule has 18 heavy (non-hydrogen) atoms. The smallest absolute Gasteiger partial charge is 0.0761 e. The van der Waals surface area contributed by atoms with E-state index in [2.05, 4.69) is 0 Å². The molecule has 0 spiro atoms. The van der Waals surface area contributed by atoms with E-state index in [-0.39, 0.29) is 0 Å². The maximum atomic E-state index is 10.4. The van der Waals surface area contributed by atoms with E-state index in [1.54, 1.807) is 18.7 Å². The lowest BCUT2D eigenvalue weighted by Gasteiger charge is -2.31. The molecule has 0 bridgehead atoms. The van der Waals surface area contributed by atoms with Crippen molar-refractivity contribution in [1.29, 1.82) is 0 Å². The maximum absolute atomic E-state index is 10.4. The van der Waals surface area contributed by atoms with E-state index in [0.29, 0.717) is 0 Å². The predicted octanol–water partition coefficient (Wildman–Crippen LogP) is 3.53. The van der Waals surface area contributed by atoms with Gasteiger partial charge in [0.05, 0.1) is 11.7 Å². The molecule has 0 heterocycles. The van der Waals surface area contributed by atoms with E-state index in [0.717, 1.165) is 37.0 Å². The van der Waals surface area contributed by atoms with Gasteiger partial charge in [-0.2, -0.15) is 0 Å². The van der Waals surface area contributed by atoms with Crippen LogP contribution in [0.5, 0.6) is 0 Å². The quantitative estimate of drug-likeness (QED) is 0.819. The lowest BCUT2D eigenvalue weighted by atomic mass is 9.86. The van der Waals surface area contributed by atoms with Crippen LogP contribution in [-0.4, -0.2) is 21.6 Å². The molecule has 2 nitrogen and oxygen atoms in total. The van der Waals surface area contributed by atoms with Crippen LogP contribution in [0.3, 0.4) is 0 Å². The molecule has 1 saturated carbocycles. The third kappa shape index (κ3) is 3.74. The summed E-state index contributed by atoms with van der Waals surface area (Å²) >= 11 is 1.71. The van der Waals surface area contributed by atoms with Crippen LogP contribution in [0.25, 0.3) is 0 Å². The van der Waals surface area contributed by atoms with Gasteiger partial charge in [-0.25, -0.2) is 0 Å². The van der Waals surface area contributed by atoms with Gasteiger partial charge in [0.2, 0.25) is 0 Å². The molecule has 0 aromatic heterocycles. The van der Waals surface area contributed by atoms with Crippen LogP contribution in [0, 0.1) is 0 Å². The maximum Gasteiger partial charge on any atom is 0.0761 e. The lowest BCUT2D eigenvalue weighted by Crippen LogP contribution is -2.33. The van der Waals surface area contributed by atoms with Gasteiger partial charge < -0.3 is 10.2 Å². The molecule has 3 heteroatoms. The fourth-order valence-electron chi connectivity index (χ4n) is 2.41. The monoisotopic (exact) mass is 266 g/mol. The first kappa shape index (κ1) is 13.9. The van der Waals surface area contributed by atoms with Crippen molar-refractivity contribution in [2.24, 2.45) is 0 Å². The fourth-order valence-corrected chi connectivity index (χ4v) is 3.47. The van der Waals surface area contributed by atoms with Crippen molar-refractivity contribution in [3.8, 4) is 0 Å². The molecule has 1 aliphatic carbocycles. The standard InChI is InChI=1S/C15H22O2S/c1-12(16)13-5-7-14(8-6-13)18-11-15(17)9-3-2-4-10-15/h5-8,12,16-17H,2-4,9-11H2,1H3. The average molecular weight is 266 g/mol. The second-order valence-electron chi connectivity index (χ2n) is 5.32. The molecule has 100 valence electrons. The van der Waals surface area contributed by atoms with Crippen molar-refractivity contribution in [2.45, 2.75) is 55.6 Å². The van der Waals surface area contributed by atoms with Crippen molar-refractivity contribution in [2.75, 3.05) is 5.75 Å². The Labute approximate surface area is 113 Å². The van der Waals surface area contributed by atoms with Gasteiger partial charge in [0.1, 0.15) is 0 Å². The van der Waals surface area contributed by atoms with Crippen molar-refractivity contribution >= 4 is 11.8 Å². The topological polar surface area (TPSA) is 40.5 Å². The van der Waals surface area contributed by atoms with E-state index >= 15 is 0 Å². The Hall–Kier alpha value is -0.510. The Morgan fingerprint density at radius 2 is 1.78 bits per heavy atom. The molecule has 1 atom stereocenters. The van der Waals surface area contributed by atoms with Gasteiger partial charge in [0.25, 0.3) is 0 Å². The third-order valence-corrected chi connectivity index (χ3v) is 4.94. The van der Waals surface area contributed by atoms with Crippen molar-refractivity contribution < 1.29 is 10.2 Å². The van der Waals surface area contributed by atoms with Crippen LogP contribution in [-0.2, 0) is 0 Å².